The summed E-state index contributed by atoms with van der Waals surface area (Å²) in [5.41, 5.74) is 13.4. The highest BCUT2D eigenvalue weighted by Crippen LogP contribution is 2.43. The lowest BCUT2D eigenvalue weighted by Crippen LogP contribution is -2.01. The number of aromatic nitrogens is 2. The average Bonchev–Trinajstić information content (AvgIpc) is 2.72. The van der Waals surface area contributed by atoms with Crippen LogP contribution in [0.1, 0.15) is 9.75 Å². The van der Waals surface area contributed by atoms with Crippen LogP contribution < -0.4 is 11.5 Å². The van der Waals surface area contributed by atoms with Crippen molar-refractivity contribution in [1.29, 1.82) is 0 Å². The Morgan fingerprint density at radius 3 is 3.12 bits per heavy atom. The molecule has 0 bridgehead atoms. The largest absolute Gasteiger partial charge is 0.368 e. The normalized spacial score (nSPS) is 13.3. The van der Waals surface area contributed by atoms with Crippen molar-refractivity contribution in [2.45, 2.75) is 17.2 Å². The van der Waals surface area contributed by atoms with Crippen molar-refractivity contribution in [2.75, 3.05) is 5.73 Å². The molecule has 4 N–H and O–H groups in total. The second-order valence-electron chi connectivity index (χ2n) is 3.48. The van der Waals surface area contributed by atoms with Crippen LogP contribution in [0, 0.1) is 0 Å². The molecule has 1 aliphatic heterocycles. The second-order valence-corrected chi connectivity index (χ2v) is 5.72. The SMILES string of the molecule is NCc1cc2c(s1)CSc1cnc(N)nc1-2. The first-order valence-corrected chi connectivity index (χ1v) is 6.65. The molecule has 16 heavy (non-hydrogen) atoms. The maximum atomic E-state index is 5.66. The van der Waals surface area contributed by atoms with Gasteiger partial charge in [0.15, 0.2) is 0 Å². The Hall–Kier alpha value is -1.11. The number of nitrogens with two attached hydrogens (primary N) is 2. The molecular weight excluding hydrogens is 240 g/mol. The van der Waals surface area contributed by atoms with E-state index in [9.17, 15) is 0 Å². The number of anilines is 1. The summed E-state index contributed by atoms with van der Waals surface area (Å²) in [6.45, 7) is 0.582. The van der Waals surface area contributed by atoms with Gasteiger partial charge >= 0.3 is 0 Å². The van der Waals surface area contributed by atoms with Gasteiger partial charge in [0.1, 0.15) is 0 Å². The van der Waals surface area contributed by atoms with Crippen LogP contribution >= 0.6 is 23.1 Å². The van der Waals surface area contributed by atoms with E-state index >= 15 is 0 Å². The first kappa shape index (κ1) is 10.1. The van der Waals surface area contributed by atoms with Crippen molar-refractivity contribution in [2.24, 2.45) is 5.73 Å². The summed E-state index contributed by atoms with van der Waals surface area (Å²) < 4.78 is 0. The molecule has 0 amide bonds. The summed E-state index contributed by atoms with van der Waals surface area (Å²) in [5.74, 6) is 1.30. The van der Waals surface area contributed by atoms with Gasteiger partial charge in [0.05, 0.1) is 10.6 Å². The van der Waals surface area contributed by atoms with E-state index in [1.165, 1.54) is 15.3 Å². The van der Waals surface area contributed by atoms with E-state index in [1.54, 1.807) is 29.3 Å². The van der Waals surface area contributed by atoms with Crippen molar-refractivity contribution >= 4 is 29.0 Å². The fraction of sp³-hybridized carbons (Fsp3) is 0.200. The number of fused-ring (bicyclic) bond motifs is 3. The Bertz CT molecular complexity index is 550. The van der Waals surface area contributed by atoms with Gasteiger partial charge in [-0.1, -0.05) is 0 Å². The Morgan fingerprint density at radius 2 is 2.31 bits per heavy atom. The molecule has 0 atom stereocenters. The molecule has 6 heteroatoms. The lowest BCUT2D eigenvalue weighted by molar-refractivity contribution is 1.10. The lowest BCUT2D eigenvalue weighted by Gasteiger charge is -2.13. The highest BCUT2D eigenvalue weighted by atomic mass is 32.2. The predicted molar refractivity (Wildman–Crippen MR) is 67.2 cm³/mol. The lowest BCUT2D eigenvalue weighted by atomic mass is 10.1. The van der Waals surface area contributed by atoms with E-state index in [4.69, 9.17) is 11.5 Å². The molecule has 82 valence electrons. The van der Waals surface area contributed by atoms with Crippen molar-refractivity contribution in [1.82, 2.24) is 9.97 Å². The number of hydrogen-bond donors (Lipinski definition) is 2. The fourth-order valence-corrected chi connectivity index (χ4v) is 3.83. The van der Waals surface area contributed by atoms with Crippen LogP contribution in [0.5, 0.6) is 0 Å². The Morgan fingerprint density at radius 1 is 1.44 bits per heavy atom. The minimum Gasteiger partial charge on any atom is -0.368 e. The monoisotopic (exact) mass is 250 g/mol. The topological polar surface area (TPSA) is 77.8 Å². The first-order chi connectivity index (χ1) is 7.78. The second kappa shape index (κ2) is 3.73. The van der Waals surface area contributed by atoms with Gasteiger partial charge in [-0.2, -0.15) is 0 Å². The van der Waals surface area contributed by atoms with Gasteiger partial charge in [-0.3, -0.25) is 0 Å². The molecule has 3 heterocycles. The maximum Gasteiger partial charge on any atom is 0.220 e. The van der Waals surface area contributed by atoms with E-state index in [0.717, 1.165) is 16.3 Å². The van der Waals surface area contributed by atoms with Gasteiger partial charge in [-0.25, -0.2) is 9.97 Å². The third-order valence-electron chi connectivity index (χ3n) is 2.45. The minimum absolute atomic E-state index is 0.327. The third-order valence-corrected chi connectivity index (χ3v) is 4.83. The standard InChI is InChI=1S/C10H10N4S2/c11-2-5-1-6-8(16-5)4-15-7-3-13-10(12)14-9(6)7/h1,3H,2,4,11H2,(H2,12,13,14). The van der Waals surface area contributed by atoms with Crippen molar-refractivity contribution in [3.8, 4) is 11.3 Å². The van der Waals surface area contributed by atoms with Crippen LogP contribution in [0.4, 0.5) is 5.95 Å². The van der Waals surface area contributed by atoms with E-state index < -0.39 is 0 Å². The summed E-state index contributed by atoms with van der Waals surface area (Å²) in [4.78, 5) is 12.0. The molecule has 4 nitrogen and oxygen atoms in total. The molecular formula is C10H10N4S2. The van der Waals surface area contributed by atoms with E-state index in [0.29, 0.717) is 12.5 Å². The smallest absolute Gasteiger partial charge is 0.220 e. The molecule has 0 unspecified atom stereocenters. The summed E-state index contributed by atoms with van der Waals surface area (Å²) >= 11 is 3.51. The minimum atomic E-state index is 0.327. The molecule has 0 fully saturated rings. The number of nitrogens with zero attached hydrogens (tertiary/aromatic N) is 2. The zero-order valence-electron chi connectivity index (χ0n) is 8.43. The van der Waals surface area contributed by atoms with Gasteiger partial charge in [0.25, 0.3) is 0 Å². The molecule has 0 spiro atoms. The number of rotatable bonds is 1. The van der Waals surface area contributed by atoms with E-state index in [2.05, 4.69) is 16.0 Å². The van der Waals surface area contributed by atoms with Gasteiger partial charge in [0, 0.05) is 33.8 Å². The zero-order chi connectivity index (χ0) is 11.1. The number of thioether (sulfide) groups is 1. The summed E-state index contributed by atoms with van der Waals surface area (Å²) in [5, 5.41) is 0. The third kappa shape index (κ3) is 1.50. The van der Waals surface area contributed by atoms with Gasteiger partial charge in [-0.05, 0) is 6.07 Å². The van der Waals surface area contributed by atoms with Crippen LogP contribution in [0.2, 0.25) is 0 Å². The maximum absolute atomic E-state index is 5.66. The predicted octanol–water partition coefficient (Wildman–Crippen LogP) is 1.85. The van der Waals surface area contributed by atoms with Crippen molar-refractivity contribution in [3.05, 3.63) is 22.0 Å². The van der Waals surface area contributed by atoms with Crippen molar-refractivity contribution < 1.29 is 0 Å². The van der Waals surface area contributed by atoms with E-state index in [1.807, 2.05) is 0 Å². The van der Waals surface area contributed by atoms with Gasteiger partial charge in [-0.15, -0.1) is 23.1 Å². The van der Waals surface area contributed by atoms with Gasteiger partial charge in [0.2, 0.25) is 5.95 Å². The number of nitrogen functional groups attached to an aromatic ring is 1. The molecule has 0 saturated carbocycles. The highest BCUT2D eigenvalue weighted by Gasteiger charge is 2.21. The molecule has 2 aromatic heterocycles. The van der Waals surface area contributed by atoms with Crippen LogP contribution in [-0.2, 0) is 12.3 Å². The fourth-order valence-electron chi connectivity index (χ4n) is 1.72. The zero-order valence-corrected chi connectivity index (χ0v) is 10.1. The Balaban J connectivity index is 2.20. The van der Waals surface area contributed by atoms with Crippen molar-refractivity contribution in [3.63, 3.8) is 0 Å². The average molecular weight is 250 g/mol. The molecule has 2 aromatic rings. The quantitative estimate of drug-likeness (QED) is 0.807. The molecule has 3 rings (SSSR count). The summed E-state index contributed by atoms with van der Waals surface area (Å²) in [6.07, 6.45) is 1.80. The van der Waals surface area contributed by atoms with Crippen LogP contribution in [0.15, 0.2) is 17.2 Å². The first-order valence-electron chi connectivity index (χ1n) is 4.85. The molecule has 1 aliphatic rings. The van der Waals surface area contributed by atoms with Crippen LogP contribution in [-0.4, -0.2) is 9.97 Å². The van der Waals surface area contributed by atoms with Crippen LogP contribution in [0.3, 0.4) is 0 Å². The molecule has 0 radical (unpaired) electrons. The number of hydrogen-bond acceptors (Lipinski definition) is 6. The Labute approximate surface area is 101 Å². The molecule has 0 aliphatic carbocycles. The summed E-state index contributed by atoms with van der Waals surface area (Å²) in [7, 11) is 0. The van der Waals surface area contributed by atoms with Gasteiger partial charge < -0.3 is 11.5 Å². The molecule has 0 aromatic carbocycles. The number of thiophene rings is 1. The molecule has 0 saturated heterocycles. The summed E-state index contributed by atoms with van der Waals surface area (Å²) in [6, 6.07) is 2.12. The van der Waals surface area contributed by atoms with E-state index in [-0.39, 0.29) is 0 Å². The van der Waals surface area contributed by atoms with Crippen LogP contribution in [0.25, 0.3) is 11.3 Å². The highest BCUT2D eigenvalue weighted by molar-refractivity contribution is 7.98. The Kier molecular flexibility index (Phi) is 2.34.